The average molecular weight is 545 g/mol. The van der Waals surface area contributed by atoms with Gasteiger partial charge in [-0.2, -0.15) is 0 Å². The highest BCUT2D eigenvalue weighted by atomic mass is 35.5. The Labute approximate surface area is 223 Å². The van der Waals surface area contributed by atoms with Crippen molar-refractivity contribution in [2.75, 3.05) is 13.2 Å². The fourth-order valence-electron chi connectivity index (χ4n) is 4.31. The number of carboxylic acid groups (broad SMARTS) is 1. The molecule has 1 fully saturated rings. The molecule has 1 heterocycles. The summed E-state index contributed by atoms with van der Waals surface area (Å²) in [6.07, 6.45) is -1.25. The van der Waals surface area contributed by atoms with Crippen LogP contribution in [0.5, 0.6) is 0 Å². The molecule has 10 heteroatoms. The van der Waals surface area contributed by atoms with Gasteiger partial charge in [-0.05, 0) is 35.4 Å². The molecule has 7 nitrogen and oxygen atoms in total. The van der Waals surface area contributed by atoms with Crippen molar-refractivity contribution in [2.45, 2.75) is 25.2 Å². The van der Waals surface area contributed by atoms with Gasteiger partial charge in [-0.15, -0.1) is 0 Å². The summed E-state index contributed by atoms with van der Waals surface area (Å²) in [6, 6.07) is 19.0. The SMILES string of the molecule is O=C(O)CN(Cc1c(F)cccc1Cl)C(=O)[C@@H]1OCC(=O)N(Cc2cccc(Cl)c2)[C@@H]1c1ccccc1. The van der Waals surface area contributed by atoms with E-state index in [0.717, 1.165) is 10.5 Å². The maximum atomic E-state index is 14.5. The number of carbonyl (C=O) groups excluding carboxylic acids is 2. The quantitative estimate of drug-likeness (QED) is 0.443. The Kier molecular flexibility index (Phi) is 8.43. The van der Waals surface area contributed by atoms with Crippen LogP contribution in [0.1, 0.15) is 22.7 Å². The van der Waals surface area contributed by atoms with Crippen LogP contribution >= 0.6 is 23.2 Å². The maximum absolute atomic E-state index is 14.5. The molecule has 1 N–H and O–H groups in total. The zero-order chi connectivity index (χ0) is 26.5. The number of hydrogen-bond donors (Lipinski definition) is 1. The Morgan fingerprint density at radius 2 is 1.78 bits per heavy atom. The van der Waals surface area contributed by atoms with E-state index in [-0.39, 0.29) is 36.2 Å². The minimum Gasteiger partial charge on any atom is -0.480 e. The van der Waals surface area contributed by atoms with E-state index in [1.165, 1.54) is 23.1 Å². The molecule has 3 aromatic rings. The van der Waals surface area contributed by atoms with Crippen molar-refractivity contribution in [3.05, 3.63) is 105 Å². The lowest BCUT2D eigenvalue weighted by Crippen LogP contribution is -2.55. The van der Waals surface area contributed by atoms with Crippen molar-refractivity contribution in [1.82, 2.24) is 9.80 Å². The number of halogens is 3. The van der Waals surface area contributed by atoms with Gasteiger partial charge in [0, 0.05) is 22.2 Å². The van der Waals surface area contributed by atoms with E-state index in [0.29, 0.717) is 10.6 Å². The number of hydrogen-bond acceptors (Lipinski definition) is 4. The molecular weight excluding hydrogens is 522 g/mol. The summed E-state index contributed by atoms with van der Waals surface area (Å²) >= 11 is 12.3. The standard InChI is InChI=1S/C27H23Cl2FN2O5/c28-19-9-4-6-17(12-19)13-32-23(33)16-37-26(25(32)18-7-2-1-3-8-18)27(36)31(15-24(34)35)14-20-21(29)10-5-11-22(20)30/h1-12,25-26H,13-16H2,(H,34,35)/t25-,26-/m1/s1. The van der Waals surface area contributed by atoms with Gasteiger partial charge < -0.3 is 19.6 Å². The van der Waals surface area contributed by atoms with E-state index in [2.05, 4.69) is 0 Å². The zero-order valence-electron chi connectivity index (χ0n) is 19.5. The second kappa shape index (κ2) is 11.7. The van der Waals surface area contributed by atoms with Crippen molar-refractivity contribution in [1.29, 1.82) is 0 Å². The summed E-state index contributed by atoms with van der Waals surface area (Å²) in [4.78, 5) is 41.0. The second-order valence-corrected chi connectivity index (χ2v) is 9.37. The molecule has 1 aliphatic rings. The lowest BCUT2D eigenvalue weighted by Gasteiger charge is -2.42. The van der Waals surface area contributed by atoms with Crippen molar-refractivity contribution in [3.8, 4) is 0 Å². The smallest absolute Gasteiger partial charge is 0.323 e. The van der Waals surface area contributed by atoms with Gasteiger partial charge >= 0.3 is 5.97 Å². The number of ether oxygens (including phenoxy) is 1. The van der Waals surface area contributed by atoms with Crippen molar-refractivity contribution in [2.24, 2.45) is 0 Å². The second-order valence-electron chi connectivity index (χ2n) is 8.53. The van der Waals surface area contributed by atoms with E-state index in [1.807, 2.05) is 6.07 Å². The predicted octanol–water partition coefficient (Wildman–Crippen LogP) is 4.71. The zero-order valence-corrected chi connectivity index (χ0v) is 21.0. The molecule has 1 aliphatic heterocycles. The van der Waals surface area contributed by atoms with Crippen LogP contribution in [0, 0.1) is 5.82 Å². The third kappa shape index (κ3) is 6.28. The fourth-order valence-corrected chi connectivity index (χ4v) is 4.75. The molecule has 0 bridgehead atoms. The summed E-state index contributed by atoms with van der Waals surface area (Å²) < 4.78 is 20.3. The van der Waals surface area contributed by atoms with Gasteiger partial charge in [0.15, 0.2) is 6.10 Å². The van der Waals surface area contributed by atoms with E-state index in [1.54, 1.807) is 48.5 Å². The number of carbonyl (C=O) groups is 3. The molecule has 0 aromatic heterocycles. The number of benzene rings is 3. The van der Waals surface area contributed by atoms with Gasteiger partial charge in [-0.25, -0.2) is 4.39 Å². The first-order valence-electron chi connectivity index (χ1n) is 11.4. The Morgan fingerprint density at radius 1 is 1.05 bits per heavy atom. The molecule has 0 radical (unpaired) electrons. The monoisotopic (exact) mass is 544 g/mol. The molecule has 192 valence electrons. The first kappa shape index (κ1) is 26.6. The molecule has 2 amide bonds. The van der Waals surface area contributed by atoms with E-state index >= 15 is 0 Å². The van der Waals surface area contributed by atoms with Gasteiger partial charge in [0.25, 0.3) is 5.91 Å². The number of rotatable bonds is 8. The van der Waals surface area contributed by atoms with Crippen molar-refractivity contribution in [3.63, 3.8) is 0 Å². The first-order valence-corrected chi connectivity index (χ1v) is 12.1. The van der Waals surface area contributed by atoms with E-state index in [4.69, 9.17) is 27.9 Å². The van der Waals surface area contributed by atoms with Gasteiger partial charge in [-0.1, -0.05) is 71.7 Å². The van der Waals surface area contributed by atoms with Crippen LogP contribution in [0.25, 0.3) is 0 Å². The predicted molar refractivity (Wildman–Crippen MR) is 135 cm³/mol. The van der Waals surface area contributed by atoms with Crippen LogP contribution in [0.15, 0.2) is 72.8 Å². The highest BCUT2D eigenvalue weighted by molar-refractivity contribution is 6.31. The summed E-state index contributed by atoms with van der Waals surface area (Å²) in [5, 5.41) is 10.1. The highest BCUT2D eigenvalue weighted by Crippen LogP contribution is 2.34. The number of nitrogens with zero attached hydrogens (tertiary/aromatic N) is 2. The highest BCUT2D eigenvalue weighted by Gasteiger charge is 2.43. The first-order chi connectivity index (χ1) is 17.7. The minimum atomic E-state index is -1.29. The van der Waals surface area contributed by atoms with Gasteiger partial charge in [0.05, 0.1) is 12.6 Å². The van der Waals surface area contributed by atoms with Crippen LogP contribution in [0.4, 0.5) is 4.39 Å². The molecular formula is C27H23Cl2FN2O5. The summed E-state index contributed by atoms with van der Waals surface area (Å²) in [6.45, 7) is -1.35. The van der Waals surface area contributed by atoms with Crippen LogP contribution in [-0.4, -0.2) is 51.9 Å². The lowest BCUT2D eigenvalue weighted by molar-refractivity contribution is -0.172. The molecule has 4 rings (SSSR count). The third-order valence-electron chi connectivity index (χ3n) is 6.00. The minimum absolute atomic E-state index is 0.0160. The number of aliphatic carboxylic acids is 1. The average Bonchev–Trinajstić information content (AvgIpc) is 2.86. The molecule has 37 heavy (non-hydrogen) atoms. The largest absolute Gasteiger partial charge is 0.480 e. The molecule has 3 aromatic carbocycles. The van der Waals surface area contributed by atoms with Crippen LogP contribution < -0.4 is 0 Å². The van der Waals surface area contributed by atoms with Gasteiger partial charge in [0.2, 0.25) is 5.91 Å². The van der Waals surface area contributed by atoms with Crippen molar-refractivity contribution < 1.29 is 28.6 Å². The third-order valence-corrected chi connectivity index (χ3v) is 6.59. The van der Waals surface area contributed by atoms with Crippen LogP contribution in [0.3, 0.4) is 0 Å². The maximum Gasteiger partial charge on any atom is 0.323 e. The van der Waals surface area contributed by atoms with E-state index in [9.17, 15) is 23.9 Å². The molecule has 0 spiro atoms. The summed E-state index contributed by atoms with van der Waals surface area (Å²) in [5.41, 5.74) is 1.35. The van der Waals surface area contributed by atoms with Crippen molar-refractivity contribution >= 4 is 41.0 Å². The van der Waals surface area contributed by atoms with Crippen LogP contribution in [0.2, 0.25) is 10.0 Å². The Morgan fingerprint density at radius 3 is 2.46 bits per heavy atom. The molecule has 0 saturated carbocycles. The van der Waals surface area contributed by atoms with E-state index < -0.39 is 36.4 Å². The lowest BCUT2D eigenvalue weighted by atomic mass is 9.95. The summed E-state index contributed by atoms with van der Waals surface area (Å²) in [7, 11) is 0. The Balaban J connectivity index is 1.72. The topological polar surface area (TPSA) is 87.1 Å². The molecule has 0 unspecified atom stereocenters. The number of carboxylic acids is 1. The number of morpholine rings is 1. The molecule has 0 aliphatic carbocycles. The Hall–Kier alpha value is -3.46. The molecule has 2 atom stereocenters. The van der Waals surface area contributed by atoms with Gasteiger partial charge in [-0.3, -0.25) is 14.4 Å². The normalized spacial score (nSPS) is 17.5. The van der Waals surface area contributed by atoms with Gasteiger partial charge in [0.1, 0.15) is 19.0 Å². The fraction of sp³-hybridized carbons (Fsp3) is 0.222. The summed E-state index contributed by atoms with van der Waals surface area (Å²) in [5.74, 6) is -3.02. The number of amides is 2. The Bertz CT molecular complexity index is 1290. The molecule has 1 saturated heterocycles. The van der Waals surface area contributed by atoms with Crippen LogP contribution in [-0.2, 0) is 32.2 Å².